The molecule has 0 radical (unpaired) electrons. The molecule has 0 aliphatic carbocycles. The second-order valence-electron chi connectivity index (χ2n) is 5.95. The zero-order chi connectivity index (χ0) is 17.3. The van der Waals surface area contributed by atoms with Gasteiger partial charge in [-0.15, -0.1) is 0 Å². The van der Waals surface area contributed by atoms with E-state index in [1.807, 2.05) is 19.1 Å². The van der Waals surface area contributed by atoms with Gasteiger partial charge in [-0.1, -0.05) is 23.7 Å². The van der Waals surface area contributed by atoms with Crippen molar-refractivity contribution in [3.63, 3.8) is 0 Å². The van der Waals surface area contributed by atoms with E-state index in [0.29, 0.717) is 6.61 Å². The van der Waals surface area contributed by atoms with Gasteiger partial charge in [0.05, 0.1) is 6.61 Å². The highest BCUT2D eigenvalue weighted by Gasteiger charge is 2.34. The van der Waals surface area contributed by atoms with E-state index in [1.165, 1.54) is 5.56 Å². The molecule has 1 aliphatic rings. The molecule has 1 aromatic rings. The summed E-state index contributed by atoms with van der Waals surface area (Å²) in [5.41, 5.74) is 1.27. The first kappa shape index (κ1) is 19.0. The molecule has 0 bridgehead atoms. The van der Waals surface area contributed by atoms with Gasteiger partial charge >= 0.3 is 0 Å². The average molecular weight is 354 g/mol. The van der Waals surface area contributed by atoms with Crippen LogP contribution in [-0.4, -0.2) is 52.5 Å². The summed E-state index contributed by atoms with van der Waals surface area (Å²) in [4.78, 5) is 4.29. The molecule has 1 fully saturated rings. The Morgan fingerprint density at radius 1 is 1.33 bits per heavy atom. The predicted molar refractivity (Wildman–Crippen MR) is 99.0 cm³/mol. The van der Waals surface area contributed by atoms with Crippen LogP contribution >= 0.6 is 11.6 Å². The Bertz CT molecular complexity index is 531. The largest absolute Gasteiger partial charge is 0.381 e. The van der Waals surface area contributed by atoms with Crippen molar-refractivity contribution in [3.05, 3.63) is 34.9 Å². The molecule has 2 rings (SSSR count). The van der Waals surface area contributed by atoms with Gasteiger partial charge in [0.25, 0.3) is 0 Å². The lowest BCUT2D eigenvalue weighted by Gasteiger charge is -2.38. The second kappa shape index (κ2) is 9.87. The van der Waals surface area contributed by atoms with Gasteiger partial charge in [-0.3, -0.25) is 4.99 Å². The molecule has 24 heavy (non-hydrogen) atoms. The van der Waals surface area contributed by atoms with Gasteiger partial charge in [0.2, 0.25) is 0 Å². The van der Waals surface area contributed by atoms with Gasteiger partial charge in [-0.2, -0.15) is 0 Å². The maximum absolute atomic E-state index is 6.21. The Hall–Kier alpha value is -1.30. The SMILES string of the molecule is CCOCCNC(=NC)NCC1(c2cccc(Cl)c2)CCOCC1. The van der Waals surface area contributed by atoms with Crippen LogP contribution in [0.15, 0.2) is 29.3 Å². The molecule has 2 N–H and O–H groups in total. The van der Waals surface area contributed by atoms with Crippen LogP contribution < -0.4 is 10.6 Å². The van der Waals surface area contributed by atoms with Crippen LogP contribution in [0.3, 0.4) is 0 Å². The van der Waals surface area contributed by atoms with Crippen LogP contribution in [0.25, 0.3) is 0 Å². The maximum atomic E-state index is 6.21. The van der Waals surface area contributed by atoms with Gasteiger partial charge in [0, 0.05) is 50.4 Å². The van der Waals surface area contributed by atoms with Crippen molar-refractivity contribution in [1.82, 2.24) is 10.6 Å². The normalized spacial score (nSPS) is 17.5. The Balaban J connectivity index is 2.01. The van der Waals surface area contributed by atoms with E-state index in [2.05, 4.69) is 27.8 Å². The van der Waals surface area contributed by atoms with Crippen molar-refractivity contribution in [1.29, 1.82) is 0 Å². The zero-order valence-electron chi connectivity index (χ0n) is 14.6. The number of rotatable bonds is 7. The molecule has 0 aromatic heterocycles. The molecular formula is C18H28ClN3O2. The standard InChI is InChI=1S/C18H28ClN3O2/c1-3-23-12-9-21-17(20-2)22-14-18(7-10-24-11-8-18)15-5-4-6-16(19)13-15/h4-6,13H,3,7-12,14H2,1-2H3,(H2,20,21,22). The third-order valence-corrected chi connectivity index (χ3v) is 4.68. The van der Waals surface area contributed by atoms with Gasteiger partial charge in [-0.25, -0.2) is 0 Å². The number of nitrogens with zero attached hydrogens (tertiary/aromatic N) is 1. The minimum atomic E-state index is 0.0146. The summed E-state index contributed by atoms with van der Waals surface area (Å²) in [6, 6.07) is 8.16. The Morgan fingerprint density at radius 2 is 2.12 bits per heavy atom. The monoisotopic (exact) mass is 353 g/mol. The summed E-state index contributed by atoms with van der Waals surface area (Å²) >= 11 is 6.21. The summed E-state index contributed by atoms with van der Waals surface area (Å²) in [5.74, 6) is 0.794. The van der Waals surface area contributed by atoms with Crippen LogP contribution in [0.1, 0.15) is 25.3 Å². The van der Waals surface area contributed by atoms with Crippen molar-refractivity contribution >= 4 is 17.6 Å². The van der Waals surface area contributed by atoms with Gasteiger partial charge in [0.1, 0.15) is 0 Å². The first-order valence-electron chi connectivity index (χ1n) is 8.56. The zero-order valence-corrected chi connectivity index (χ0v) is 15.4. The number of hydrogen-bond acceptors (Lipinski definition) is 3. The number of halogens is 1. The number of aliphatic imine (C=N–C) groups is 1. The number of nitrogens with one attached hydrogen (secondary N) is 2. The fraction of sp³-hybridized carbons (Fsp3) is 0.611. The molecule has 1 saturated heterocycles. The first-order chi connectivity index (χ1) is 11.7. The van der Waals surface area contributed by atoms with Crippen LogP contribution in [0.5, 0.6) is 0 Å². The quantitative estimate of drug-likeness (QED) is 0.449. The third kappa shape index (κ3) is 5.36. The summed E-state index contributed by atoms with van der Waals surface area (Å²) in [6.07, 6.45) is 1.94. The van der Waals surface area contributed by atoms with Crippen molar-refractivity contribution in [2.24, 2.45) is 4.99 Å². The van der Waals surface area contributed by atoms with E-state index in [1.54, 1.807) is 7.05 Å². The maximum Gasteiger partial charge on any atom is 0.191 e. The lowest BCUT2D eigenvalue weighted by molar-refractivity contribution is 0.0513. The van der Waals surface area contributed by atoms with E-state index >= 15 is 0 Å². The molecule has 1 heterocycles. The molecule has 0 atom stereocenters. The van der Waals surface area contributed by atoms with E-state index in [0.717, 1.165) is 56.7 Å². The lowest BCUT2D eigenvalue weighted by atomic mass is 9.74. The van der Waals surface area contributed by atoms with Crippen molar-refractivity contribution < 1.29 is 9.47 Å². The molecule has 6 heteroatoms. The second-order valence-corrected chi connectivity index (χ2v) is 6.39. The van der Waals surface area contributed by atoms with Gasteiger partial charge < -0.3 is 20.1 Å². The summed E-state index contributed by atoms with van der Waals surface area (Å²) in [5, 5.41) is 7.52. The van der Waals surface area contributed by atoms with Crippen molar-refractivity contribution in [2.45, 2.75) is 25.2 Å². The minimum Gasteiger partial charge on any atom is -0.381 e. The molecule has 1 aliphatic heterocycles. The number of hydrogen-bond donors (Lipinski definition) is 2. The summed E-state index contributed by atoms with van der Waals surface area (Å²) in [7, 11) is 1.78. The Morgan fingerprint density at radius 3 is 2.79 bits per heavy atom. The van der Waals surface area contributed by atoms with E-state index in [4.69, 9.17) is 21.1 Å². The lowest BCUT2D eigenvalue weighted by Crippen LogP contribution is -2.48. The average Bonchev–Trinajstić information content (AvgIpc) is 2.62. The molecule has 1 aromatic carbocycles. The van der Waals surface area contributed by atoms with E-state index in [-0.39, 0.29) is 5.41 Å². The molecule has 134 valence electrons. The molecule has 5 nitrogen and oxygen atoms in total. The van der Waals surface area contributed by atoms with Gasteiger partial charge in [-0.05, 0) is 37.5 Å². The molecule has 0 amide bonds. The first-order valence-corrected chi connectivity index (χ1v) is 8.94. The van der Waals surface area contributed by atoms with E-state index in [9.17, 15) is 0 Å². The minimum absolute atomic E-state index is 0.0146. The fourth-order valence-corrected chi connectivity index (χ4v) is 3.20. The molecule has 0 saturated carbocycles. The predicted octanol–water partition coefficient (Wildman–Crippen LogP) is 2.59. The van der Waals surface area contributed by atoms with Crippen LogP contribution in [0.4, 0.5) is 0 Å². The van der Waals surface area contributed by atoms with Crippen LogP contribution in [0.2, 0.25) is 5.02 Å². The molecule has 0 spiro atoms. The highest BCUT2D eigenvalue weighted by molar-refractivity contribution is 6.30. The number of guanidine groups is 1. The summed E-state index contributed by atoms with van der Waals surface area (Å²) in [6.45, 7) is 6.46. The number of ether oxygens (including phenoxy) is 2. The van der Waals surface area contributed by atoms with Crippen LogP contribution in [-0.2, 0) is 14.9 Å². The third-order valence-electron chi connectivity index (χ3n) is 4.45. The molecular weight excluding hydrogens is 326 g/mol. The fourth-order valence-electron chi connectivity index (χ4n) is 3.01. The van der Waals surface area contributed by atoms with Crippen molar-refractivity contribution in [3.8, 4) is 0 Å². The summed E-state index contributed by atoms with van der Waals surface area (Å²) < 4.78 is 10.9. The Labute approximate surface area is 149 Å². The van der Waals surface area contributed by atoms with Crippen molar-refractivity contribution in [2.75, 3.05) is 46.6 Å². The van der Waals surface area contributed by atoms with Crippen LogP contribution in [0, 0.1) is 0 Å². The van der Waals surface area contributed by atoms with Gasteiger partial charge in [0.15, 0.2) is 5.96 Å². The number of benzene rings is 1. The highest BCUT2D eigenvalue weighted by atomic mass is 35.5. The van der Waals surface area contributed by atoms with E-state index < -0.39 is 0 Å². The topological polar surface area (TPSA) is 54.9 Å². The molecule has 0 unspecified atom stereocenters. The highest BCUT2D eigenvalue weighted by Crippen LogP contribution is 2.35. The smallest absolute Gasteiger partial charge is 0.191 e. The Kier molecular flexibility index (Phi) is 7.82.